The first kappa shape index (κ1) is 70.6. The van der Waals surface area contributed by atoms with Gasteiger partial charge in [0.25, 0.3) is 5.91 Å². The van der Waals surface area contributed by atoms with Gasteiger partial charge in [0.15, 0.2) is 5.78 Å². The summed E-state index contributed by atoms with van der Waals surface area (Å²) in [6.07, 6.45) is 5.36. The molecule has 90 heavy (non-hydrogen) atoms. The zero-order valence-electron chi connectivity index (χ0n) is 54.2. The molecule has 4 bridgehead atoms. The molecule has 0 spiro atoms. The summed E-state index contributed by atoms with van der Waals surface area (Å²) in [4.78, 5) is 152. The topological polar surface area (TPSA) is 313 Å². The number of Topliss-reactive ketones (excluding diaryl/α,β-unsaturated/α-hetero) is 1. The minimum absolute atomic E-state index is 0.0282. The Hall–Kier alpha value is -6.82. The van der Waals surface area contributed by atoms with Crippen LogP contribution in [0.5, 0.6) is 0 Å². The lowest BCUT2D eigenvalue weighted by molar-refractivity contribution is -0.143. The number of fused-ring (bicyclic) bond motifs is 8. The Morgan fingerprint density at radius 2 is 0.944 bits per heavy atom. The number of carbonyl (C=O) groups is 10. The summed E-state index contributed by atoms with van der Waals surface area (Å²) >= 11 is 2.69. The number of nitrogens with zero attached hydrogens (tertiary/aromatic N) is 2. The number of nitrogens with two attached hydrogens (primary N) is 2. The first-order valence-corrected chi connectivity index (χ1v) is 34.1. The molecule has 9 atom stereocenters. The van der Waals surface area contributed by atoms with Crippen molar-refractivity contribution in [2.45, 2.75) is 214 Å². The maximum absolute atomic E-state index is 15.0. The quantitative estimate of drug-likeness (QED) is 0.0921. The standard InChI is InChI=1S/C67H97N11O10S2/c1-36(2)31-49-61(82)74-51(33-42-19-12-11-13-20-42)67(88)78-30-18-26-53(78)62(83)75-56(38(5)6)64(85)71-48(24-16-28-69)60(81)73-50(32-37(3)4)66(87)77-29-17-25-52(77)58(79)54-34-45(40(9)89-54)43-21-14-22-44(43)46-35-55(90-41(46)10)63(84)76-57(39(7)8)65(86)70-47(23-15-27-68)59(80)72-49/h11-13,19-20,34-39,47-53,56-57H,14-18,21-33,68-69H2,1-10H3,(H,70,86)(H,71,85)(H,72,80)(H,73,81)(H,74,82)(H,75,83)(H,76,84)/t47-,48-,49-,50-,51+,52+,53-,56-,57-/m0/s1. The molecule has 5 heterocycles. The molecular weight excluding hydrogens is 1180 g/mol. The molecule has 1 aromatic carbocycles. The summed E-state index contributed by atoms with van der Waals surface area (Å²) < 4.78 is 0. The molecule has 21 nitrogen and oxygen atoms in total. The Morgan fingerprint density at radius 3 is 1.48 bits per heavy atom. The first-order valence-electron chi connectivity index (χ1n) is 32.5. The van der Waals surface area contributed by atoms with Crippen molar-refractivity contribution < 1.29 is 47.9 Å². The van der Waals surface area contributed by atoms with E-state index in [1.165, 1.54) is 27.6 Å². The zero-order chi connectivity index (χ0) is 65.7. The fourth-order valence-electron chi connectivity index (χ4n) is 12.8. The van der Waals surface area contributed by atoms with Crippen molar-refractivity contribution in [3.8, 4) is 0 Å². The Kier molecular flexibility index (Phi) is 25.5. The predicted molar refractivity (Wildman–Crippen MR) is 351 cm³/mol. The number of hydrogen-bond acceptors (Lipinski definition) is 14. The van der Waals surface area contributed by atoms with Crippen molar-refractivity contribution in [2.24, 2.45) is 35.1 Å². The number of amides is 9. The molecule has 2 saturated heterocycles. The van der Waals surface area contributed by atoms with E-state index >= 15 is 4.79 Å². The van der Waals surface area contributed by atoms with Gasteiger partial charge in [0.1, 0.15) is 48.3 Å². The number of hydrogen-bond donors (Lipinski definition) is 9. The minimum Gasteiger partial charge on any atom is -0.343 e. The second-order valence-electron chi connectivity index (χ2n) is 26.3. The number of benzene rings is 1. The van der Waals surface area contributed by atoms with E-state index in [1.54, 1.807) is 44.7 Å². The molecule has 0 saturated carbocycles. The van der Waals surface area contributed by atoms with Gasteiger partial charge in [-0.15, -0.1) is 22.7 Å². The van der Waals surface area contributed by atoms with Crippen LogP contribution < -0.4 is 48.7 Å². The number of allylic oxidation sites excluding steroid dienone is 2. The molecule has 11 N–H and O–H groups in total. The normalized spacial score (nSPS) is 25.3. The smallest absolute Gasteiger partial charge is 0.262 e. The van der Waals surface area contributed by atoms with Gasteiger partial charge in [0.2, 0.25) is 47.3 Å². The van der Waals surface area contributed by atoms with Crippen LogP contribution in [0.15, 0.2) is 42.5 Å². The van der Waals surface area contributed by atoms with Crippen LogP contribution in [-0.4, -0.2) is 149 Å². The molecule has 3 aromatic rings. The van der Waals surface area contributed by atoms with Crippen LogP contribution >= 0.6 is 22.7 Å². The molecule has 9 amide bonds. The molecule has 0 radical (unpaired) electrons. The molecule has 2 fully saturated rings. The molecular formula is C67H97N11O10S2. The Bertz CT molecular complexity index is 3120. The van der Waals surface area contributed by atoms with E-state index in [9.17, 15) is 43.2 Å². The van der Waals surface area contributed by atoms with Gasteiger partial charge in [0, 0.05) is 29.3 Å². The second-order valence-corrected chi connectivity index (χ2v) is 28.8. The van der Waals surface area contributed by atoms with Crippen LogP contribution in [0.3, 0.4) is 0 Å². The van der Waals surface area contributed by atoms with E-state index < -0.39 is 119 Å². The number of thiophene rings is 2. The first-order chi connectivity index (χ1) is 42.8. The van der Waals surface area contributed by atoms with Crippen LogP contribution in [0.2, 0.25) is 0 Å². The van der Waals surface area contributed by atoms with Crippen molar-refractivity contribution in [1.29, 1.82) is 0 Å². The molecule has 7 rings (SSSR count). The predicted octanol–water partition coefficient (Wildman–Crippen LogP) is 5.83. The molecule has 3 aliphatic heterocycles. The number of carbonyl (C=O) groups excluding carboxylic acids is 10. The number of rotatable bonds is 14. The third-order valence-electron chi connectivity index (χ3n) is 17.5. The molecule has 2 aromatic heterocycles. The lowest BCUT2D eigenvalue weighted by atomic mass is 9.96. The lowest BCUT2D eigenvalue weighted by Crippen LogP contribution is -2.61. The lowest BCUT2D eigenvalue weighted by Gasteiger charge is -2.32. The van der Waals surface area contributed by atoms with Crippen LogP contribution in [-0.2, 0) is 44.8 Å². The van der Waals surface area contributed by atoms with Crippen molar-refractivity contribution in [1.82, 2.24) is 47.0 Å². The highest BCUT2D eigenvalue weighted by Crippen LogP contribution is 2.45. The third-order valence-corrected chi connectivity index (χ3v) is 19.7. The van der Waals surface area contributed by atoms with Crippen molar-refractivity contribution in [3.05, 3.63) is 78.7 Å². The second kappa shape index (κ2) is 32.5. The van der Waals surface area contributed by atoms with Crippen LogP contribution in [0.25, 0.3) is 11.1 Å². The van der Waals surface area contributed by atoms with Gasteiger partial charge in [-0.05, 0) is 174 Å². The molecule has 0 unspecified atom stereocenters. The summed E-state index contributed by atoms with van der Waals surface area (Å²) in [7, 11) is 0. The summed E-state index contributed by atoms with van der Waals surface area (Å²) in [5.41, 5.74) is 16.6. The highest BCUT2D eigenvalue weighted by atomic mass is 32.1. The highest BCUT2D eigenvalue weighted by Gasteiger charge is 2.43. The molecule has 23 heteroatoms. The minimum atomic E-state index is -1.22. The largest absolute Gasteiger partial charge is 0.343 e. The fourth-order valence-corrected chi connectivity index (χ4v) is 14.8. The van der Waals surface area contributed by atoms with E-state index in [-0.39, 0.29) is 75.8 Å². The number of nitrogens with one attached hydrogen (secondary N) is 7. The van der Waals surface area contributed by atoms with Gasteiger partial charge in [-0.1, -0.05) is 85.7 Å². The Labute approximate surface area is 538 Å². The Morgan fingerprint density at radius 1 is 0.500 bits per heavy atom. The summed E-state index contributed by atoms with van der Waals surface area (Å²) in [6, 6.07) is 2.98. The van der Waals surface area contributed by atoms with Gasteiger partial charge in [-0.25, -0.2) is 0 Å². The van der Waals surface area contributed by atoms with Gasteiger partial charge in [0.05, 0.1) is 15.8 Å². The van der Waals surface area contributed by atoms with E-state index in [2.05, 4.69) is 37.2 Å². The van der Waals surface area contributed by atoms with Crippen molar-refractivity contribution in [2.75, 3.05) is 26.2 Å². The summed E-state index contributed by atoms with van der Waals surface area (Å²) in [5.74, 6) is -6.53. The van der Waals surface area contributed by atoms with Crippen LogP contribution in [0.4, 0.5) is 0 Å². The molecule has 492 valence electrons. The average Bonchev–Trinajstić information content (AvgIpc) is 1.68. The molecule has 4 aliphatic rings. The summed E-state index contributed by atoms with van der Waals surface area (Å²) in [5, 5.41) is 20.4. The van der Waals surface area contributed by atoms with Crippen molar-refractivity contribution >= 4 is 92.8 Å². The van der Waals surface area contributed by atoms with E-state index in [0.717, 1.165) is 51.3 Å². The maximum Gasteiger partial charge on any atom is 0.262 e. The van der Waals surface area contributed by atoms with E-state index in [0.29, 0.717) is 54.0 Å². The van der Waals surface area contributed by atoms with Gasteiger partial charge in [-0.2, -0.15) is 0 Å². The van der Waals surface area contributed by atoms with Gasteiger partial charge < -0.3 is 58.5 Å². The number of ketones is 1. The monoisotopic (exact) mass is 1280 g/mol. The van der Waals surface area contributed by atoms with E-state index in [4.69, 9.17) is 11.5 Å². The van der Waals surface area contributed by atoms with Crippen LogP contribution in [0, 0.1) is 37.5 Å². The van der Waals surface area contributed by atoms with Gasteiger partial charge in [-0.3, -0.25) is 47.9 Å². The zero-order valence-corrected chi connectivity index (χ0v) is 55.9. The fraction of sp³-hybridized carbons (Fsp3) is 0.612. The number of aryl methyl sites for hydroxylation is 2. The third kappa shape index (κ3) is 17.8. The highest BCUT2D eigenvalue weighted by molar-refractivity contribution is 7.14. The van der Waals surface area contributed by atoms with E-state index in [1.807, 2.05) is 71.9 Å². The van der Waals surface area contributed by atoms with Gasteiger partial charge >= 0.3 is 0 Å². The van der Waals surface area contributed by atoms with Crippen molar-refractivity contribution in [3.63, 3.8) is 0 Å². The Balaban J connectivity index is 1.26. The van der Waals surface area contributed by atoms with Crippen LogP contribution in [0.1, 0.15) is 185 Å². The average molecular weight is 1280 g/mol. The maximum atomic E-state index is 15.0. The molecule has 1 aliphatic carbocycles. The SMILES string of the molecule is Cc1sc2cc1C1=C(CCC1)c1cc(sc1C)C(=O)[C@H]1CCCN1C(=O)[C@H](CC(C)C)NC(=O)[C@H](CCCN)NC(=O)[C@H](C(C)C)NC(=O)[C@@H]1CCCN1C(=O)[C@@H](Cc1ccccc1)NC(=O)[C@H](CC(C)C)NC(=O)[C@H](CCCN)NC(=O)[C@H](C(C)C)NC2=O. The summed E-state index contributed by atoms with van der Waals surface area (Å²) in [6.45, 7) is 19.5.